The summed E-state index contributed by atoms with van der Waals surface area (Å²) in [5.74, 6) is -0.210. The lowest BCUT2D eigenvalue weighted by molar-refractivity contribution is -0.120. The van der Waals surface area contributed by atoms with E-state index in [0.717, 1.165) is 21.7 Å². The second-order valence-corrected chi connectivity index (χ2v) is 13.1. The Labute approximate surface area is 214 Å². The first-order chi connectivity index (χ1) is 16.8. The molecule has 0 aliphatic heterocycles. The van der Waals surface area contributed by atoms with E-state index in [1.807, 2.05) is 32.9 Å². The molecule has 0 aliphatic rings. The van der Waals surface area contributed by atoms with E-state index in [2.05, 4.69) is 5.32 Å². The van der Waals surface area contributed by atoms with Gasteiger partial charge in [-0.2, -0.15) is 0 Å². The van der Waals surface area contributed by atoms with E-state index in [4.69, 9.17) is 0 Å². The fourth-order valence-electron chi connectivity index (χ4n) is 3.68. The van der Waals surface area contributed by atoms with E-state index in [-0.39, 0.29) is 15.7 Å². The summed E-state index contributed by atoms with van der Waals surface area (Å²) in [4.78, 5) is 13.3. The first-order valence-corrected chi connectivity index (χ1v) is 14.9. The standard InChI is InChI=1S/C27H32N2O5S2/c1-19(2)22-8-12-24(13-9-22)29(36(33,34)26-14-6-20(3)7-15-26)18-27(30)28-21(4)23-10-16-25(17-11-23)35(5,31)32/h6-17,19,21H,18H2,1-5H3,(H,28,30). The molecule has 1 N–H and O–H groups in total. The lowest BCUT2D eigenvalue weighted by atomic mass is 10.0. The molecular weight excluding hydrogens is 496 g/mol. The van der Waals surface area contributed by atoms with Gasteiger partial charge in [0.25, 0.3) is 10.0 Å². The highest BCUT2D eigenvalue weighted by atomic mass is 32.2. The number of nitrogens with one attached hydrogen (secondary N) is 1. The third kappa shape index (κ3) is 6.53. The highest BCUT2D eigenvalue weighted by molar-refractivity contribution is 7.93. The average Bonchev–Trinajstić information content (AvgIpc) is 2.82. The smallest absolute Gasteiger partial charge is 0.264 e. The number of carbonyl (C=O) groups excluding carboxylic acids is 1. The molecule has 1 unspecified atom stereocenters. The lowest BCUT2D eigenvalue weighted by Crippen LogP contribution is -2.41. The van der Waals surface area contributed by atoms with Crippen LogP contribution in [0.4, 0.5) is 5.69 Å². The molecule has 1 amide bonds. The van der Waals surface area contributed by atoms with Crippen molar-refractivity contribution in [1.29, 1.82) is 0 Å². The Balaban J connectivity index is 1.88. The Morgan fingerprint density at radius 3 is 1.78 bits per heavy atom. The first-order valence-electron chi connectivity index (χ1n) is 11.6. The van der Waals surface area contributed by atoms with Crippen LogP contribution in [-0.4, -0.2) is 35.5 Å². The highest BCUT2D eigenvalue weighted by Crippen LogP contribution is 2.26. The van der Waals surface area contributed by atoms with Gasteiger partial charge in [0.15, 0.2) is 9.84 Å². The van der Waals surface area contributed by atoms with Gasteiger partial charge in [0, 0.05) is 6.26 Å². The third-order valence-electron chi connectivity index (χ3n) is 5.93. The van der Waals surface area contributed by atoms with E-state index in [0.29, 0.717) is 11.3 Å². The number of rotatable bonds is 9. The molecular formula is C27H32N2O5S2. The zero-order chi connectivity index (χ0) is 26.7. The summed E-state index contributed by atoms with van der Waals surface area (Å²) in [6.07, 6.45) is 1.13. The molecule has 0 saturated carbocycles. The van der Waals surface area contributed by atoms with Crippen LogP contribution in [-0.2, 0) is 24.7 Å². The van der Waals surface area contributed by atoms with E-state index in [1.54, 1.807) is 43.3 Å². The van der Waals surface area contributed by atoms with Gasteiger partial charge < -0.3 is 5.32 Å². The number of hydrogen-bond donors (Lipinski definition) is 1. The summed E-state index contributed by atoms with van der Waals surface area (Å²) in [7, 11) is -7.35. The molecule has 0 heterocycles. The molecule has 0 radical (unpaired) electrons. The summed E-state index contributed by atoms with van der Waals surface area (Å²) >= 11 is 0. The molecule has 0 aromatic heterocycles. The fraction of sp³-hybridized carbons (Fsp3) is 0.296. The second-order valence-electron chi connectivity index (χ2n) is 9.20. The largest absolute Gasteiger partial charge is 0.348 e. The van der Waals surface area contributed by atoms with E-state index < -0.39 is 38.4 Å². The normalized spacial score (nSPS) is 12.8. The van der Waals surface area contributed by atoms with Gasteiger partial charge in [-0.1, -0.05) is 55.8 Å². The molecule has 0 spiro atoms. The average molecular weight is 529 g/mol. The van der Waals surface area contributed by atoms with E-state index >= 15 is 0 Å². The molecule has 1 atom stereocenters. The van der Waals surface area contributed by atoms with Crippen LogP contribution in [0.15, 0.2) is 82.6 Å². The summed E-state index contributed by atoms with van der Waals surface area (Å²) in [5, 5.41) is 2.82. The summed E-state index contributed by atoms with van der Waals surface area (Å²) in [6, 6.07) is 19.4. The van der Waals surface area contributed by atoms with Crippen molar-refractivity contribution in [3.8, 4) is 0 Å². The van der Waals surface area contributed by atoms with Gasteiger partial charge in [0.05, 0.1) is 21.5 Å². The quantitative estimate of drug-likeness (QED) is 0.438. The molecule has 0 aliphatic carbocycles. The number of nitrogens with zero attached hydrogens (tertiary/aromatic N) is 1. The number of benzene rings is 3. The van der Waals surface area contributed by atoms with Gasteiger partial charge in [-0.15, -0.1) is 0 Å². The summed E-state index contributed by atoms with van der Waals surface area (Å²) in [6.45, 7) is 7.31. The molecule has 7 nitrogen and oxygen atoms in total. The van der Waals surface area contributed by atoms with Crippen LogP contribution in [0.25, 0.3) is 0 Å². The molecule has 3 rings (SSSR count). The van der Waals surface area contributed by atoms with Crippen LogP contribution in [0, 0.1) is 6.92 Å². The zero-order valence-corrected chi connectivity index (χ0v) is 22.7. The number of sulfone groups is 1. The SMILES string of the molecule is Cc1ccc(S(=O)(=O)N(CC(=O)NC(C)c2ccc(S(C)(=O)=O)cc2)c2ccc(C(C)C)cc2)cc1. The lowest BCUT2D eigenvalue weighted by Gasteiger charge is -2.25. The number of amides is 1. The maximum atomic E-state index is 13.6. The second kappa shape index (κ2) is 10.8. The maximum absolute atomic E-state index is 13.6. The maximum Gasteiger partial charge on any atom is 0.264 e. The predicted molar refractivity (Wildman–Crippen MR) is 142 cm³/mol. The molecule has 9 heteroatoms. The van der Waals surface area contributed by atoms with Crippen molar-refractivity contribution in [3.05, 3.63) is 89.5 Å². The van der Waals surface area contributed by atoms with E-state index in [9.17, 15) is 21.6 Å². The Morgan fingerprint density at radius 2 is 1.28 bits per heavy atom. The first kappa shape index (κ1) is 27.4. The summed E-state index contributed by atoms with van der Waals surface area (Å²) in [5.41, 5.74) is 3.07. The Hall–Kier alpha value is -3.17. The Kier molecular flexibility index (Phi) is 8.26. The molecule has 36 heavy (non-hydrogen) atoms. The topological polar surface area (TPSA) is 101 Å². The highest BCUT2D eigenvalue weighted by Gasteiger charge is 2.28. The Morgan fingerprint density at radius 1 is 0.778 bits per heavy atom. The Bertz CT molecular complexity index is 1410. The minimum absolute atomic E-state index is 0.0956. The van der Waals surface area contributed by atoms with E-state index in [1.165, 1.54) is 24.3 Å². The molecule has 0 saturated heterocycles. The predicted octanol–water partition coefficient (Wildman–Crippen LogP) is 4.59. The van der Waals surface area contributed by atoms with Crippen molar-refractivity contribution in [2.45, 2.75) is 49.4 Å². The van der Waals surface area contributed by atoms with Gasteiger partial charge in [0.1, 0.15) is 6.54 Å². The van der Waals surface area contributed by atoms with Gasteiger partial charge in [-0.3, -0.25) is 9.10 Å². The third-order valence-corrected chi connectivity index (χ3v) is 8.85. The van der Waals surface area contributed by atoms with Crippen LogP contribution in [0.3, 0.4) is 0 Å². The zero-order valence-electron chi connectivity index (χ0n) is 21.1. The molecule has 192 valence electrons. The molecule has 3 aromatic rings. The van der Waals surface area contributed by atoms with Crippen LogP contribution in [0.1, 0.15) is 49.4 Å². The molecule has 0 fully saturated rings. The number of sulfonamides is 1. The van der Waals surface area contributed by atoms with Crippen molar-refractivity contribution in [1.82, 2.24) is 5.32 Å². The number of aryl methyl sites for hydroxylation is 1. The van der Waals surface area contributed by atoms with Crippen LogP contribution >= 0.6 is 0 Å². The minimum Gasteiger partial charge on any atom is -0.348 e. The van der Waals surface area contributed by atoms with Crippen molar-refractivity contribution < 1.29 is 21.6 Å². The van der Waals surface area contributed by atoms with Crippen molar-refractivity contribution in [2.75, 3.05) is 17.1 Å². The van der Waals surface area contributed by atoms with Crippen molar-refractivity contribution in [2.24, 2.45) is 0 Å². The molecule has 3 aromatic carbocycles. The van der Waals surface area contributed by atoms with Crippen molar-refractivity contribution in [3.63, 3.8) is 0 Å². The van der Waals surface area contributed by atoms with Gasteiger partial charge >= 0.3 is 0 Å². The van der Waals surface area contributed by atoms with Crippen LogP contribution < -0.4 is 9.62 Å². The van der Waals surface area contributed by atoms with Crippen LogP contribution in [0.2, 0.25) is 0 Å². The monoisotopic (exact) mass is 528 g/mol. The van der Waals surface area contributed by atoms with Gasteiger partial charge in [-0.05, 0) is 67.3 Å². The number of anilines is 1. The summed E-state index contributed by atoms with van der Waals surface area (Å²) < 4.78 is 51.7. The minimum atomic E-state index is -4.02. The van der Waals surface area contributed by atoms with Gasteiger partial charge in [0.2, 0.25) is 5.91 Å². The number of carbonyl (C=O) groups is 1. The van der Waals surface area contributed by atoms with Crippen LogP contribution in [0.5, 0.6) is 0 Å². The number of hydrogen-bond acceptors (Lipinski definition) is 5. The fourth-order valence-corrected chi connectivity index (χ4v) is 5.73. The van der Waals surface area contributed by atoms with Gasteiger partial charge in [-0.25, -0.2) is 16.8 Å². The molecule has 0 bridgehead atoms. The van der Waals surface area contributed by atoms with Crippen molar-refractivity contribution >= 4 is 31.5 Å².